The molecular formula is C17H20BrNO. The van der Waals surface area contributed by atoms with Crippen LogP contribution in [0, 0.1) is 6.92 Å². The summed E-state index contributed by atoms with van der Waals surface area (Å²) in [6, 6.07) is 14.6. The van der Waals surface area contributed by atoms with Crippen molar-refractivity contribution in [2.45, 2.75) is 19.3 Å². The van der Waals surface area contributed by atoms with Crippen molar-refractivity contribution in [1.82, 2.24) is 0 Å². The molecule has 20 heavy (non-hydrogen) atoms. The maximum Gasteiger partial charge on any atom is 0.121 e. The van der Waals surface area contributed by atoms with Gasteiger partial charge in [-0.1, -0.05) is 46.3 Å². The molecule has 0 amide bonds. The van der Waals surface area contributed by atoms with E-state index in [0.717, 1.165) is 22.2 Å². The first kappa shape index (κ1) is 15.1. The molecule has 0 saturated heterocycles. The van der Waals surface area contributed by atoms with E-state index in [1.807, 2.05) is 12.1 Å². The van der Waals surface area contributed by atoms with Crippen molar-refractivity contribution in [3.05, 3.63) is 63.6 Å². The van der Waals surface area contributed by atoms with Gasteiger partial charge in [0.25, 0.3) is 0 Å². The summed E-state index contributed by atoms with van der Waals surface area (Å²) in [5.74, 6) is 1.24. The highest BCUT2D eigenvalue weighted by Crippen LogP contribution is 2.28. The first-order valence-corrected chi connectivity index (χ1v) is 7.53. The van der Waals surface area contributed by atoms with Gasteiger partial charge in [-0.25, -0.2) is 0 Å². The van der Waals surface area contributed by atoms with Crippen LogP contribution in [0.2, 0.25) is 0 Å². The van der Waals surface area contributed by atoms with Crippen LogP contribution in [0.1, 0.15) is 22.6 Å². The SMILES string of the molecule is COc1ccc(C(CN)Cc2ccccc2Br)cc1C. The first-order chi connectivity index (χ1) is 9.65. The Morgan fingerprint density at radius 1 is 1.20 bits per heavy atom. The molecule has 2 N–H and O–H groups in total. The molecule has 0 saturated carbocycles. The minimum absolute atomic E-state index is 0.318. The van der Waals surface area contributed by atoms with Gasteiger partial charge in [-0.3, -0.25) is 0 Å². The van der Waals surface area contributed by atoms with E-state index in [0.29, 0.717) is 12.5 Å². The monoisotopic (exact) mass is 333 g/mol. The molecule has 0 spiro atoms. The Bertz CT molecular complexity index is 583. The molecule has 0 fully saturated rings. The highest BCUT2D eigenvalue weighted by molar-refractivity contribution is 9.10. The van der Waals surface area contributed by atoms with E-state index in [4.69, 9.17) is 10.5 Å². The number of hydrogen-bond acceptors (Lipinski definition) is 2. The van der Waals surface area contributed by atoms with Gasteiger partial charge in [-0.2, -0.15) is 0 Å². The minimum Gasteiger partial charge on any atom is -0.496 e. The molecule has 1 atom stereocenters. The highest BCUT2D eigenvalue weighted by Gasteiger charge is 2.13. The lowest BCUT2D eigenvalue weighted by molar-refractivity contribution is 0.411. The zero-order chi connectivity index (χ0) is 14.5. The third kappa shape index (κ3) is 3.41. The Labute approximate surface area is 129 Å². The number of rotatable bonds is 5. The summed E-state index contributed by atoms with van der Waals surface area (Å²) in [5, 5.41) is 0. The van der Waals surface area contributed by atoms with Gasteiger partial charge in [0.1, 0.15) is 5.75 Å². The van der Waals surface area contributed by atoms with E-state index in [1.54, 1.807) is 7.11 Å². The summed E-state index contributed by atoms with van der Waals surface area (Å²) in [4.78, 5) is 0. The average molecular weight is 334 g/mol. The Kier molecular flexibility index (Phi) is 5.21. The number of halogens is 1. The third-order valence-electron chi connectivity index (χ3n) is 3.60. The lowest BCUT2D eigenvalue weighted by Gasteiger charge is -2.18. The fourth-order valence-corrected chi connectivity index (χ4v) is 2.87. The summed E-state index contributed by atoms with van der Waals surface area (Å²) in [6.07, 6.45) is 0.934. The first-order valence-electron chi connectivity index (χ1n) is 6.73. The number of ether oxygens (including phenoxy) is 1. The molecule has 2 rings (SSSR count). The van der Waals surface area contributed by atoms with Crippen molar-refractivity contribution in [3.63, 3.8) is 0 Å². The molecule has 0 bridgehead atoms. The minimum atomic E-state index is 0.318. The number of nitrogens with two attached hydrogens (primary N) is 1. The molecule has 0 aromatic heterocycles. The summed E-state index contributed by atoms with van der Waals surface area (Å²) in [7, 11) is 1.70. The van der Waals surface area contributed by atoms with E-state index in [-0.39, 0.29) is 0 Å². The molecule has 106 valence electrons. The number of benzene rings is 2. The number of aryl methyl sites for hydroxylation is 1. The van der Waals surface area contributed by atoms with Gasteiger partial charge in [0.2, 0.25) is 0 Å². The second-order valence-corrected chi connectivity index (χ2v) is 5.81. The molecule has 2 aromatic carbocycles. The van der Waals surface area contributed by atoms with Crippen molar-refractivity contribution in [3.8, 4) is 5.75 Å². The molecule has 0 radical (unpaired) electrons. The van der Waals surface area contributed by atoms with Gasteiger partial charge in [0.05, 0.1) is 7.11 Å². The van der Waals surface area contributed by atoms with Gasteiger partial charge in [0, 0.05) is 10.4 Å². The Morgan fingerprint density at radius 3 is 2.55 bits per heavy atom. The average Bonchev–Trinajstić information content (AvgIpc) is 2.46. The second kappa shape index (κ2) is 6.91. The highest BCUT2D eigenvalue weighted by atomic mass is 79.9. The summed E-state index contributed by atoms with van der Waals surface area (Å²) in [5.41, 5.74) is 9.68. The largest absolute Gasteiger partial charge is 0.496 e. The lowest BCUT2D eigenvalue weighted by Crippen LogP contribution is -2.15. The van der Waals surface area contributed by atoms with E-state index in [1.165, 1.54) is 11.1 Å². The predicted octanol–water partition coefficient (Wildman–Crippen LogP) is 4.05. The predicted molar refractivity (Wildman–Crippen MR) is 87.4 cm³/mol. The van der Waals surface area contributed by atoms with Crippen LogP contribution in [0.4, 0.5) is 0 Å². The van der Waals surface area contributed by atoms with Crippen molar-refractivity contribution >= 4 is 15.9 Å². The van der Waals surface area contributed by atoms with Crippen LogP contribution in [-0.4, -0.2) is 13.7 Å². The second-order valence-electron chi connectivity index (χ2n) is 4.96. The maximum atomic E-state index is 5.98. The normalized spacial score (nSPS) is 12.2. The zero-order valence-electron chi connectivity index (χ0n) is 11.9. The van der Waals surface area contributed by atoms with Gasteiger partial charge in [-0.15, -0.1) is 0 Å². The molecule has 0 aliphatic heterocycles. The molecule has 2 aromatic rings. The molecule has 0 heterocycles. The summed E-state index contributed by atoms with van der Waals surface area (Å²) >= 11 is 3.60. The van der Waals surface area contributed by atoms with Crippen molar-refractivity contribution in [2.24, 2.45) is 5.73 Å². The van der Waals surface area contributed by atoms with E-state index < -0.39 is 0 Å². The van der Waals surface area contributed by atoms with Gasteiger partial charge in [-0.05, 0) is 48.7 Å². The van der Waals surface area contributed by atoms with Crippen LogP contribution in [0.3, 0.4) is 0 Å². The smallest absolute Gasteiger partial charge is 0.121 e. The Hall–Kier alpha value is -1.32. The quantitative estimate of drug-likeness (QED) is 0.895. The topological polar surface area (TPSA) is 35.2 Å². The van der Waals surface area contributed by atoms with Gasteiger partial charge >= 0.3 is 0 Å². The molecule has 0 aliphatic carbocycles. The number of hydrogen-bond donors (Lipinski definition) is 1. The van der Waals surface area contributed by atoms with Crippen LogP contribution in [0.25, 0.3) is 0 Å². The number of methoxy groups -OCH3 is 1. The zero-order valence-corrected chi connectivity index (χ0v) is 13.5. The van der Waals surface area contributed by atoms with E-state index >= 15 is 0 Å². The third-order valence-corrected chi connectivity index (χ3v) is 4.37. The Balaban J connectivity index is 2.24. The molecule has 3 heteroatoms. The van der Waals surface area contributed by atoms with Gasteiger partial charge < -0.3 is 10.5 Å². The maximum absolute atomic E-state index is 5.98. The summed E-state index contributed by atoms with van der Waals surface area (Å²) < 4.78 is 6.45. The van der Waals surface area contributed by atoms with Crippen LogP contribution >= 0.6 is 15.9 Å². The van der Waals surface area contributed by atoms with Crippen LogP contribution in [-0.2, 0) is 6.42 Å². The van der Waals surface area contributed by atoms with Crippen molar-refractivity contribution < 1.29 is 4.74 Å². The van der Waals surface area contributed by atoms with E-state index in [2.05, 4.69) is 53.2 Å². The van der Waals surface area contributed by atoms with E-state index in [9.17, 15) is 0 Å². The standard InChI is InChI=1S/C17H20BrNO/c1-12-9-13(7-8-17(12)20-2)15(11-19)10-14-5-3-4-6-16(14)18/h3-9,15H,10-11,19H2,1-2H3. The molecule has 1 unspecified atom stereocenters. The van der Waals surface area contributed by atoms with Gasteiger partial charge in [0.15, 0.2) is 0 Å². The molecule has 0 aliphatic rings. The fraction of sp³-hybridized carbons (Fsp3) is 0.294. The van der Waals surface area contributed by atoms with Crippen molar-refractivity contribution in [2.75, 3.05) is 13.7 Å². The van der Waals surface area contributed by atoms with Crippen molar-refractivity contribution in [1.29, 1.82) is 0 Å². The lowest BCUT2D eigenvalue weighted by atomic mass is 9.91. The molecular weight excluding hydrogens is 314 g/mol. The van der Waals surface area contributed by atoms with Crippen LogP contribution < -0.4 is 10.5 Å². The summed E-state index contributed by atoms with van der Waals surface area (Å²) in [6.45, 7) is 2.70. The van der Waals surface area contributed by atoms with Crippen LogP contribution in [0.5, 0.6) is 5.75 Å². The fourth-order valence-electron chi connectivity index (χ4n) is 2.42. The Morgan fingerprint density at radius 2 is 1.95 bits per heavy atom. The molecule has 2 nitrogen and oxygen atoms in total. The van der Waals surface area contributed by atoms with Crippen LogP contribution in [0.15, 0.2) is 46.9 Å².